The first-order valence-corrected chi connectivity index (χ1v) is 12.9. The van der Waals surface area contributed by atoms with Crippen LogP contribution in [0.3, 0.4) is 0 Å². The zero-order valence-electron chi connectivity index (χ0n) is 18.7. The molecule has 174 valence electrons. The maximum absolute atomic E-state index is 13.6. The normalized spacial score (nSPS) is 23.4. The highest BCUT2D eigenvalue weighted by molar-refractivity contribution is 7.89. The van der Waals surface area contributed by atoms with E-state index in [0.29, 0.717) is 25.1 Å². The first-order valence-electron chi connectivity index (χ1n) is 11.5. The molecule has 0 spiro atoms. The van der Waals surface area contributed by atoms with Gasteiger partial charge in [-0.25, -0.2) is 8.42 Å². The molecule has 2 aromatic carbocycles. The van der Waals surface area contributed by atoms with E-state index >= 15 is 0 Å². The Morgan fingerprint density at radius 3 is 2.30 bits per heavy atom. The first-order chi connectivity index (χ1) is 15.9. The molecule has 2 heterocycles. The summed E-state index contributed by atoms with van der Waals surface area (Å²) in [5.41, 5.74) is 2.77. The maximum Gasteiger partial charge on any atom is 0.247 e. The number of amides is 2. The van der Waals surface area contributed by atoms with Crippen LogP contribution in [0.2, 0.25) is 0 Å². The van der Waals surface area contributed by atoms with Gasteiger partial charge in [0.2, 0.25) is 21.8 Å². The molecule has 0 radical (unpaired) electrons. The third kappa shape index (κ3) is 3.85. The summed E-state index contributed by atoms with van der Waals surface area (Å²) in [5.74, 6) is -0.442. The van der Waals surface area contributed by atoms with E-state index in [1.807, 2.05) is 24.3 Å². The van der Waals surface area contributed by atoms with E-state index < -0.39 is 10.0 Å². The van der Waals surface area contributed by atoms with Crippen LogP contribution in [0.5, 0.6) is 5.75 Å². The molecule has 0 unspecified atom stereocenters. The van der Waals surface area contributed by atoms with Gasteiger partial charge in [-0.05, 0) is 48.1 Å². The average Bonchev–Trinajstić information content (AvgIpc) is 3.08. The lowest BCUT2D eigenvalue weighted by Crippen LogP contribution is -2.36. The predicted molar refractivity (Wildman–Crippen MR) is 122 cm³/mol. The second kappa shape index (κ2) is 8.57. The zero-order chi connectivity index (χ0) is 23.2. The van der Waals surface area contributed by atoms with Crippen molar-refractivity contribution in [3.63, 3.8) is 0 Å². The summed E-state index contributed by atoms with van der Waals surface area (Å²) < 4.78 is 34.0. The third-order valence-electron chi connectivity index (χ3n) is 7.21. The Hall–Kier alpha value is -2.71. The lowest BCUT2D eigenvalue weighted by atomic mass is 9.81. The SMILES string of the molecule is COc1ccc(CN2C(=O)[C@H]3CCCC[C@H]3C2=O)cc1S(=O)(=O)N1CCc2ccccc2C1. The van der Waals surface area contributed by atoms with Gasteiger partial charge in [0.1, 0.15) is 10.6 Å². The van der Waals surface area contributed by atoms with Crippen molar-refractivity contribution in [2.45, 2.75) is 50.1 Å². The molecule has 1 saturated heterocycles. The minimum atomic E-state index is -3.83. The van der Waals surface area contributed by atoms with Crippen molar-refractivity contribution in [3.8, 4) is 5.75 Å². The van der Waals surface area contributed by atoms with Crippen LogP contribution in [0.25, 0.3) is 0 Å². The van der Waals surface area contributed by atoms with Gasteiger partial charge in [-0.15, -0.1) is 0 Å². The first kappa shape index (κ1) is 22.1. The second-order valence-electron chi connectivity index (χ2n) is 9.10. The Morgan fingerprint density at radius 1 is 0.970 bits per heavy atom. The second-order valence-corrected chi connectivity index (χ2v) is 11.0. The van der Waals surface area contributed by atoms with Crippen molar-refractivity contribution in [1.82, 2.24) is 9.21 Å². The van der Waals surface area contributed by atoms with Gasteiger partial charge >= 0.3 is 0 Å². The number of ether oxygens (including phenoxy) is 1. The summed E-state index contributed by atoms with van der Waals surface area (Å²) in [4.78, 5) is 27.1. The van der Waals surface area contributed by atoms with Gasteiger partial charge in [-0.3, -0.25) is 14.5 Å². The number of nitrogens with zero attached hydrogens (tertiary/aromatic N) is 2. The molecule has 0 N–H and O–H groups in total. The number of rotatable bonds is 5. The molecular weight excluding hydrogens is 440 g/mol. The summed E-state index contributed by atoms with van der Waals surface area (Å²) >= 11 is 0. The molecule has 1 saturated carbocycles. The highest BCUT2D eigenvalue weighted by Gasteiger charge is 2.48. The number of methoxy groups -OCH3 is 1. The van der Waals surface area contributed by atoms with Gasteiger partial charge in [0.05, 0.1) is 25.5 Å². The van der Waals surface area contributed by atoms with Crippen LogP contribution in [-0.2, 0) is 39.1 Å². The fourth-order valence-electron chi connectivity index (χ4n) is 5.40. The van der Waals surface area contributed by atoms with Crippen LogP contribution in [0, 0.1) is 11.8 Å². The topological polar surface area (TPSA) is 84.0 Å². The van der Waals surface area contributed by atoms with E-state index in [0.717, 1.165) is 36.8 Å². The number of hydrogen-bond acceptors (Lipinski definition) is 5. The lowest BCUT2D eigenvalue weighted by molar-refractivity contribution is -0.140. The summed E-state index contributed by atoms with van der Waals surface area (Å²) in [7, 11) is -2.39. The molecule has 2 aliphatic heterocycles. The predicted octanol–water partition coefficient (Wildman–Crippen LogP) is 3.12. The Labute approximate surface area is 194 Å². The summed E-state index contributed by atoms with van der Waals surface area (Å²) in [6, 6.07) is 12.8. The molecule has 33 heavy (non-hydrogen) atoms. The van der Waals surface area contributed by atoms with E-state index in [-0.39, 0.29) is 40.8 Å². The molecule has 2 amide bonds. The van der Waals surface area contributed by atoms with E-state index in [1.54, 1.807) is 18.2 Å². The maximum atomic E-state index is 13.6. The molecule has 5 rings (SSSR count). The van der Waals surface area contributed by atoms with Gasteiger partial charge in [-0.1, -0.05) is 43.2 Å². The Bertz CT molecular complexity index is 1190. The van der Waals surface area contributed by atoms with Crippen LogP contribution in [0.1, 0.15) is 42.4 Å². The van der Waals surface area contributed by atoms with Gasteiger partial charge in [0.15, 0.2) is 0 Å². The fourth-order valence-corrected chi connectivity index (χ4v) is 7.03. The van der Waals surface area contributed by atoms with Gasteiger partial charge in [-0.2, -0.15) is 4.31 Å². The van der Waals surface area contributed by atoms with E-state index in [2.05, 4.69) is 0 Å². The summed E-state index contributed by atoms with van der Waals surface area (Å²) in [5, 5.41) is 0. The van der Waals surface area contributed by atoms with Crippen LogP contribution in [0.15, 0.2) is 47.4 Å². The van der Waals surface area contributed by atoms with Crippen LogP contribution in [0.4, 0.5) is 0 Å². The smallest absolute Gasteiger partial charge is 0.247 e. The highest BCUT2D eigenvalue weighted by atomic mass is 32.2. The molecule has 2 atom stereocenters. The minimum Gasteiger partial charge on any atom is -0.495 e. The molecule has 7 nitrogen and oxygen atoms in total. The molecule has 1 aliphatic carbocycles. The van der Waals surface area contributed by atoms with Crippen molar-refractivity contribution >= 4 is 21.8 Å². The molecule has 2 aromatic rings. The molecular formula is C25H28N2O5S. The fraction of sp³-hybridized carbons (Fsp3) is 0.440. The summed E-state index contributed by atoms with van der Waals surface area (Å²) in [6.07, 6.45) is 4.10. The number of imide groups is 1. The minimum absolute atomic E-state index is 0.0680. The van der Waals surface area contributed by atoms with Crippen LogP contribution in [-0.4, -0.2) is 43.1 Å². The Morgan fingerprint density at radius 2 is 1.64 bits per heavy atom. The number of likely N-dealkylation sites (tertiary alicyclic amines) is 1. The largest absolute Gasteiger partial charge is 0.495 e. The van der Waals surface area contributed by atoms with Gasteiger partial charge < -0.3 is 4.74 Å². The number of sulfonamides is 1. The van der Waals surface area contributed by atoms with Gasteiger partial charge in [0, 0.05) is 13.1 Å². The van der Waals surface area contributed by atoms with Crippen molar-refractivity contribution in [1.29, 1.82) is 0 Å². The zero-order valence-corrected chi connectivity index (χ0v) is 19.5. The monoisotopic (exact) mass is 468 g/mol. The lowest BCUT2D eigenvalue weighted by Gasteiger charge is -2.28. The standard InChI is InChI=1S/C25H28N2O5S/c1-32-22-11-10-17(15-27-24(28)20-8-4-5-9-21(20)25(27)29)14-23(22)33(30,31)26-13-12-18-6-2-3-7-19(18)16-26/h2-3,6-7,10-11,14,20-21H,4-5,8-9,12-13,15-16H2,1H3/t20-,21+. The quantitative estimate of drug-likeness (QED) is 0.630. The molecule has 2 fully saturated rings. The van der Waals surface area contributed by atoms with E-state index in [4.69, 9.17) is 4.74 Å². The van der Waals surface area contributed by atoms with Gasteiger partial charge in [0.25, 0.3) is 0 Å². The number of fused-ring (bicyclic) bond motifs is 2. The van der Waals surface area contributed by atoms with Crippen molar-refractivity contribution in [2.75, 3.05) is 13.7 Å². The number of benzene rings is 2. The molecule has 3 aliphatic rings. The van der Waals surface area contributed by atoms with Crippen molar-refractivity contribution < 1.29 is 22.7 Å². The van der Waals surface area contributed by atoms with Crippen LogP contribution >= 0.6 is 0 Å². The average molecular weight is 469 g/mol. The molecule has 8 heteroatoms. The highest BCUT2D eigenvalue weighted by Crippen LogP contribution is 2.39. The molecule has 0 bridgehead atoms. The molecule has 0 aromatic heterocycles. The Kier molecular flexibility index (Phi) is 5.74. The van der Waals surface area contributed by atoms with E-state index in [9.17, 15) is 18.0 Å². The van der Waals surface area contributed by atoms with E-state index in [1.165, 1.54) is 16.3 Å². The summed E-state index contributed by atoms with van der Waals surface area (Å²) in [6.45, 7) is 0.775. The Balaban J connectivity index is 1.43. The van der Waals surface area contributed by atoms with Crippen molar-refractivity contribution in [3.05, 3.63) is 59.2 Å². The van der Waals surface area contributed by atoms with Crippen LogP contribution < -0.4 is 4.74 Å². The third-order valence-corrected chi connectivity index (χ3v) is 9.08. The number of hydrogen-bond donors (Lipinski definition) is 0. The number of carbonyl (C=O) groups is 2. The van der Waals surface area contributed by atoms with Crippen molar-refractivity contribution in [2.24, 2.45) is 11.8 Å². The number of carbonyl (C=O) groups excluding carboxylic acids is 2.